The number of hydrogen-bond donors (Lipinski definition) is 1. The first-order chi connectivity index (χ1) is 10.1. The maximum atomic E-state index is 13.6. The number of nitrogens with zero attached hydrogens (tertiary/aromatic N) is 3. The van der Waals surface area contributed by atoms with Crippen LogP contribution in [0.3, 0.4) is 0 Å². The molecule has 0 aliphatic heterocycles. The van der Waals surface area contributed by atoms with E-state index in [1.54, 1.807) is 6.07 Å². The van der Waals surface area contributed by atoms with Crippen molar-refractivity contribution in [3.8, 4) is 0 Å². The largest absolute Gasteiger partial charge is 0.322 e. The van der Waals surface area contributed by atoms with E-state index in [9.17, 15) is 9.18 Å². The minimum Gasteiger partial charge on any atom is -0.322 e. The van der Waals surface area contributed by atoms with Crippen LogP contribution in [0.1, 0.15) is 0 Å². The molecule has 106 valence electrons. The van der Waals surface area contributed by atoms with Crippen LogP contribution < -0.4 is 5.32 Å². The van der Waals surface area contributed by atoms with Crippen molar-refractivity contribution in [3.05, 3.63) is 53.3 Å². The Kier molecular flexibility index (Phi) is 3.53. The van der Waals surface area contributed by atoms with Crippen LogP contribution in [0, 0.1) is 5.82 Å². The average molecular weight is 305 g/mol. The van der Waals surface area contributed by atoms with E-state index in [0.717, 1.165) is 11.6 Å². The van der Waals surface area contributed by atoms with Gasteiger partial charge in [0, 0.05) is 5.02 Å². The molecule has 0 radical (unpaired) electrons. The van der Waals surface area contributed by atoms with E-state index in [1.165, 1.54) is 16.8 Å². The summed E-state index contributed by atoms with van der Waals surface area (Å²) in [5.41, 5.74) is 1.51. The summed E-state index contributed by atoms with van der Waals surface area (Å²) < 4.78 is 15.1. The van der Waals surface area contributed by atoms with Crippen molar-refractivity contribution < 1.29 is 9.18 Å². The highest BCUT2D eigenvalue weighted by molar-refractivity contribution is 6.30. The molecule has 1 amide bonds. The summed E-state index contributed by atoms with van der Waals surface area (Å²) in [7, 11) is 0. The third-order valence-electron chi connectivity index (χ3n) is 2.92. The highest BCUT2D eigenvalue weighted by atomic mass is 35.5. The molecule has 7 heteroatoms. The lowest BCUT2D eigenvalue weighted by molar-refractivity contribution is -0.116. The Hall–Kier alpha value is -2.47. The average Bonchev–Trinajstić information content (AvgIpc) is 2.85. The molecule has 1 aromatic heterocycles. The summed E-state index contributed by atoms with van der Waals surface area (Å²) in [4.78, 5) is 12.0. The third kappa shape index (κ3) is 2.85. The predicted molar refractivity (Wildman–Crippen MR) is 77.6 cm³/mol. The van der Waals surface area contributed by atoms with E-state index in [4.69, 9.17) is 11.6 Å². The maximum absolute atomic E-state index is 13.6. The molecule has 1 N–H and O–H groups in total. The van der Waals surface area contributed by atoms with Gasteiger partial charge in [0.15, 0.2) is 0 Å². The molecular weight excluding hydrogens is 295 g/mol. The molecule has 21 heavy (non-hydrogen) atoms. The Morgan fingerprint density at radius 1 is 1.29 bits per heavy atom. The van der Waals surface area contributed by atoms with Gasteiger partial charge in [0.05, 0.1) is 11.2 Å². The molecule has 5 nitrogen and oxygen atoms in total. The van der Waals surface area contributed by atoms with Gasteiger partial charge in [-0.15, -0.1) is 5.10 Å². The fraction of sp³-hybridized carbons (Fsp3) is 0.0714. The molecular formula is C14H10ClFN4O. The summed E-state index contributed by atoms with van der Waals surface area (Å²) in [6, 6.07) is 11.3. The van der Waals surface area contributed by atoms with E-state index < -0.39 is 11.7 Å². The first-order valence-electron chi connectivity index (χ1n) is 6.16. The number of carbonyl (C=O) groups excluding carboxylic acids is 1. The second-order valence-corrected chi connectivity index (χ2v) is 4.84. The maximum Gasteiger partial charge on any atom is 0.246 e. The van der Waals surface area contributed by atoms with Gasteiger partial charge in [-0.05, 0) is 30.3 Å². The van der Waals surface area contributed by atoms with Gasteiger partial charge in [0.25, 0.3) is 0 Å². The molecule has 1 heterocycles. The number of aromatic nitrogens is 3. The first-order valence-corrected chi connectivity index (χ1v) is 6.54. The van der Waals surface area contributed by atoms with Gasteiger partial charge in [-0.3, -0.25) is 4.79 Å². The third-order valence-corrected chi connectivity index (χ3v) is 3.15. The van der Waals surface area contributed by atoms with Crippen molar-refractivity contribution in [2.75, 3.05) is 5.32 Å². The zero-order valence-corrected chi connectivity index (χ0v) is 11.5. The Balaban J connectivity index is 1.77. The van der Waals surface area contributed by atoms with Crippen LogP contribution in [-0.2, 0) is 11.3 Å². The van der Waals surface area contributed by atoms with Crippen LogP contribution in [0.15, 0.2) is 42.5 Å². The number of nitrogens with one attached hydrogen (secondary N) is 1. The highest BCUT2D eigenvalue weighted by Gasteiger charge is 2.11. The number of carbonyl (C=O) groups is 1. The van der Waals surface area contributed by atoms with Crippen molar-refractivity contribution >= 4 is 34.2 Å². The molecule has 0 saturated heterocycles. The summed E-state index contributed by atoms with van der Waals surface area (Å²) in [6.07, 6.45) is 0. The fourth-order valence-corrected chi connectivity index (χ4v) is 2.11. The van der Waals surface area contributed by atoms with E-state index in [2.05, 4.69) is 15.6 Å². The molecule has 0 spiro atoms. The SMILES string of the molecule is O=C(Cn1nnc2ccccc21)Nc1ccc(Cl)cc1F. The molecule has 0 unspecified atom stereocenters. The van der Waals surface area contributed by atoms with Crippen molar-refractivity contribution in [2.24, 2.45) is 0 Å². The number of rotatable bonds is 3. The van der Waals surface area contributed by atoms with Gasteiger partial charge in [-0.1, -0.05) is 28.9 Å². The van der Waals surface area contributed by atoms with Crippen molar-refractivity contribution in [1.82, 2.24) is 15.0 Å². The smallest absolute Gasteiger partial charge is 0.246 e. The van der Waals surface area contributed by atoms with Crippen LogP contribution in [0.25, 0.3) is 11.0 Å². The number of fused-ring (bicyclic) bond motifs is 1. The van der Waals surface area contributed by atoms with Crippen molar-refractivity contribution in [3.63, 3.8) is 0 Å². The molecule has 0 bridgehead atoms. The summed E-state index contributed by atoms with van der Waals surface area (Å²) in [6.45, 7) is -0.0530. The summed E-state index contributed by atoms with van der Waals surface area (Å²) in [5.74, 6) is -0.980. The van der Waals surface area contributed by atoms with Gasteiger partial charge in [0.1, 0.15) is 17.9 Å². The van der Waals surface area contributed by atoms with Crippen LogP contribution in [0.5, 0.6) is 0 Å². The zero-order chi connectivity index (χ0) is 14.8. The summed E-state index contributed by atoms with van der Waals surface area (Å²) in [5, 5.41) is 10.6. The number of benzene rings is 2. The monoisotopic (exact) mass is 304 g/mol. The quantitative estimate of drug-likeness (QED) is 0.809. The highest BCUT2D eigenvalue weighted by Crippen LogP contribution is 2.19. The summed E-state index contributed by atoms with van der Waals surface area (Å²) >= 11 is 5.66. The van der Waals surface area contributed by atoms with E-state index in [-0.39, 0.29) is 17.3 Å². The predicted octanol–water partition coefficient (Wildman–Crippen LogP) is 2.86. The number of anilines is 1. The zero-order valence-electron chi connectivity index (χ0n) is 10.8. The van der Waals surface area contributed by atoms with Gasteiger partial charge in [-0.25, -0.2) is 9.07 Å². The Labute approximate surface area is 124 Å². The molecule has 3 rings (SSSR count). The number of para-hydroxylation sites is 1. The number of amides is 1. The molecule has 0 aliphatic carbocycles. The topological polar surface area (TPSA) is 59.8 Å². The van der Waals surface area contributed by atoms with Crippen molar-refractivity contribution in [1.29, 1.82) is 0 Å². The molecule has 0 atom stereocenters. The lowest BCUT2D eigenvalue weighted by Gasteiger charge is -2.07. The Bertz CT molecular complexity index is 818. The number of hydrogen-bond acceptors (Lipinski definition) is 3. The van der Waals surface area contributed by atoms with E-state index in [1.807, 2.05) is 18.2 Å². The fourth-order valence-electron chi connectivity index (χ4n) is 1.95. The van der Waals surface area contributed by atoms with Crippen LogP contribution in [0.2, 0.25) is 5.02 Å². The van der Waals surface area contributed by atoms with Gasteiger partial charge in [-0.2, -0.15) is 0 Å². The number of halogens is 2. The van der Waals surface area contributed by atoms with Crippen molar-refractivity contribution in [2.45, 2.75) is 6.54 Å². The van der Waals surface area contributed by atoms with Gasteiger partial charge >= 0.3 is 0 Å². The van der Waals surface area contributed by atoms with Gasteiger partial charge in [0.2, 0.25) is 5.91 Å². The minimum absolute atomic E-state index is 0.0530. The van der Waals surface area contributed by atoms with Crippen LogP contribution in [-0.4, -0.2) is 20.9 Å². The lowest BCUT2D eigenvalue weighted by Crippen LogP contribution is -2.20. The second kappa shape index (κ2) is 5.49. The van der Waals surface area contributed by atoms with Gasteiger partial charge < -0.3 is 5.32 Å². The standard InChI is InChI=1S/C14H10ClFN4O/c15-9-5-6-11(10(16)7-9)17-14(21)8-20-13-4-2-1-3-12(13)18-19-20/h1-7H,8H2,(H,17,21). The Morgan fingerprint density at radius 2 is 2.10 bits per heavy atom. The molecule has 2 aromatic carbocycles. The van der Waals surface area contributed by atoms with Crippen LogP contribution >= 0.6 is 11.6 Å². The van der Waals surface area contributed by atoms with Crippen LogP contribution in [0.4, 0.5) is 10.1 Å². The first kappa shape index (κ1) is 13.5. The normalized spacial score (nSPS) is 10.8. The molecule has 0 fully saturated rings. The Morgan fingerprint density at radius 3 is 2.90 bits per heavy atom. The lowest BCUT2D eigenvalue weighted by atomic mass is 10.3. The second-order valence-electron chi connectivity index (χ2n) is 4.41. The molecule has 0 aliphatic rings. The molecule has 0 saturated carbocycles. The minimum atomic E-state index is -0.584. The van der Waals surface area contributed by atoms with E-state index >= 15 is 0 Å². The molecule has 3 aromatic rings. The van der Waals surface area contributed by atoms with E-state index in [0.29, 0.717) is 5.52 Å².